The predicted molar refractivity (Wildman–Crippen MR) is 107 cm³/mol. The summed E-state index contributed by atoms with van der Waals surface area (Å²) in [5.74, 6) is -2.34. The summed E-state index contributed by atoms with van der Waals surface area (Å²) in [5.41, 5.74) is -2.24. The van der Waals surface area contributed by atoms with Crippen molar-refractivity contribution in [3.05, 3.63) is 58.6 Å². The van der Waals surface area contributed by atoms with E-state index in [1.54, 1.807) is 12.1 Å². The number of hydrogen-bond acceptors (Lipinski definition) is 6. The normalized spacial score (nSPS) is 23.9. The molecule has 1 aliphatic rings. The average Bonchev–Trinajstić information content (AvgIpc) is 2.68. The minimum Gasteiger partial charge on any atom is -0.490 e. The number of benzene rings is 2. The van der Waals surface area contributed by atoms with Gasteiger partial charge in [0.05, 0.1) is 13.7 Å². The van der Waals surface area contributed by atoms with E-state index in [1.165, 1.54) is 24.1 Å². The molecule has 30 heavy (non-hydrogen) atoms. The number of hydrogen-bond donors (Lipinski definition) is 2. The smallest absolute Gasteiger partial charge is 0.341 e. The lowest BCUT2D eigenvalue weighted by Gasteiger charge is -2.47. The molecule has 10 heteroatoms. The summed E-state index contributed by atoms with van der Waals surface area (Å²) in [5, 5.41) is 19.2. The lowest BCUT2D eigenvalue weighted by molar-refractivity contribution is -0.132. The maximum atomic E-state index is 14.2. The molecule has 1 aliphatic heterocycles. The van der Waals surface area contributed by atoms with Gasteiger partial charge < -0.3 is 24.6 Å². The molecule has 0 spiro atoms. The van der Waals surface area contributed by atoms with E-state index in [0.29, 0.717) is 0 Å². The van der Waals surface area contributed by atoms with Gasteiger partial charge in [0, 0.05) is 18.0 Å². The summed E-state index contributed by atoms with van der Waals surface area (Å²) < 4.78 is 38.7. The van der Waals surface area contributed by atoms with Gasteiger partial charge in [-0.3, -0.25) is 0 Å². The van der Waals surface area contributed by atoms with Crippen molar-refractivity contribution in [3.63, 3.8) is 0 Å². The van der Waals surface area contributed by atoms with Gasteiger partial charge in [0.25, 0.3) is 0 Å². The number of nitrogens with zero attached hydrogens (tertiary/aromatic N) is 1. The van der Waals surface area contributed by atoms with Gasteiger partial charge in [-0.15, -0.1) is 0 Å². The van der Waals surface area contributed by atoms with E-state index in [1.807, 2.05) is 0 Å². The van der Waals surface area contributed by atoms with Gasteiger partial charge in [-0.25, -0.2) is 13.6 Å². The van der Waals surface area contributed by atoms with Crippen molar-refractivity contribution in [3.8, 4) is 5.75 Å². The lowest BCUT2D eigenvalue weighted by atomic mass is 9.88. The first-order chi connectivity index (χ1) is 14.1. The first kappa shape index (κ1) is 22.6. The maximum Gasteiger partial charge on any atom is 0.341 e. The van der Waals surface area contributed by atoms with Gasteiger partial charge in [0.2, 0.25) is 0 Å². The fourth-order valence-corrected chi connectivity index (χ4v) is 3.75. The fraction of sp³-hybridized carbons (Fsp3) is 0.350. The molecular formula is C20H19Cl2F2NO5. The molecule has 2 atom stereocenters. The number of rotatable bonds is 5. The monoisotopic (exact) mass is 461 g/mol. The molecule has 2 aromatic carbocycles. The van der Waals surface area contributed by atoms with Gasteiger partial charge >= 0.3 is 5.97 Å². The molecule has 162 valence electrons. The van der Waals surface area contributed by atoms with Crippen LogP contribution in [0.3, 0.4) is 0 Å². The molecule has 1 fully saturated rings. The van der Waals surface area contributed by atoms with Crippen LogP contribution in [0.15, 0.2) is 36.4 Å². The van der Waals surface area contributed by atoms with Crippen LogP contribution >= 0.6 is 23.2 Å². The Morgan fingerprint density at radius 3 is 2.47 bits per heavy atom. The Morgan fingerprint density at radius 1 is 1.23 bits per heavy atom. The highest BCUT2D eigenvalue weighted by atomic mass is 35.5. The number of halogens is 4. The van der Waals surface area contributed by atoms with Gasteiger partial charge in [0.1, 0.15) is 29.2 Å². The molecule has 0 amide bonds. The fourth-order valence-electron chi connectivity index (χ4n) is 3.27. The van der Waals surface area contributed by atoms with Crippen LogP contribution in [-0.4, -0.2) is 53.6 Å². The van der Waals surface area contributed by atoms with Crippen LogP contribution in [0.1, 0.15) is 16.8 Å². The zero-order chi connectivity index (χ0) is 22.1. The zero-order valence-electron chi connectivity index (χ0n) is 15.9. The van der Waals surface area contributed by atoms with Crippen LogP contribution in [0.5, 0.6) is 5.75 Å². The molecule has 2 N–H and O–H groups in total. The molecule has 1 heterocycles. The van der Waals surface area contributed by atoms with E-state index < -0.39 is 47.1 Å². The highest BCUT2D eigenvalue weighted by Gasteiger charge is 2.53. The summed E-state index contributed by atoms with van der Waals surface area (Å²) >= 11 is 11.8. The minimum absolute atomic E-state index is 0.0248. The largest absolute Gasteiger partial charge is 0.490 e. The first-order valence-corrected chi connectivity index (χ1v) is 9.67. The Morgan fingerprint density at radius 2 is 1.87 bits per heavy atom. The number of methoxy groups -OCH3 is 1. The van der Waals surface area contributed by atoms with Crippen molar-refractivity contribution >= 4 is 34.9 Å². The van der Waals surface area contributed by atoms with Crippen LogP contribution in [0, 0.1) is 11.6 Å². The van der Waals surface area contributed by atoms with Gasteiger partial charge in [-0.1, -0.05) is 35.3 Å². The zero-order valence-corrected chi connectivity index (χ0v) is 17.4. The standard InChI is InChI=1S/C20H19Cl2F2NO5/c1-29-18(26)13-4-2-3-5-16(13)30-11-19(27)6-7-25(10-20(19,22)28)17-14(23)8-12(21)9-15(17)24/h2-5,8-9,27-28H,6-7,10-11H2,1H3/t19-,20+/m1/s1. The molecule has 2 aromatic rings. The Bertz CT molecular complexity index is 936. The third-order valence-electron chi connectivity index (χ3n) is 4.97. The molecule has 0 bridgehead atoms. The average molecular weight is 462 g/mol. The number of alkyl halides is 1. The number of anilines is 1. The summed E-state index contributed by atoms with van der Waals surface area (Å²) in [6, 6.07) is 8.10. The van der Waals surface area contributed by atoms with E-state index in [4.69, 9.17) is 27.9 Å². The molecule has 0 unspecified atom stereocenters. The molecule has 0 aliphatic carbocycles. The Hall–Kier alpha value is -2.13. The van der Waals surface area contributed by atoms with Gasteiger partial charge in [0.15, 0.2) is 16.7 Å². The minimum atomic E-state index is -2.30. The number of para-hydroxylation sites is 1. The van der Waals surface area contributed by atoms with Crippen LogP contribution < -0.4 is 9.64 Å². The third kappa shape index (κ3) is 4.32. The van der Waals surface area contributed by atoms with E-state index in [2.05, 4.69) is 4.74 Å². The lowest BCUT2D eigenvalue weighted by Crippen LogP contribution is -2.64. The van der Waals surface area contributed by atoms with Crippen molar-refractivity contribution in [2.24, 2.45) is 0 Å². The molecule has 3 rings (SSSR count). The summed E-state index contributed by atoms with van der Waals surface area (Å²) in [7, 11) is 1.22. The van der Waals surface area contributed by atoms with Crippen molar-refractivity contribution in [1.82, 2.24) is 0 Å². The van der Waals surface area contributed by atoms with Gasteiger partial charge in [-0.2, -0.15) is 0 Å². The second kappa shape index (κ2) is 8.55. The van der Waals surface area contributed by atoms with Crippen molar-refractivity contribution in [2.45, 2.75) is 17.1 Å². The predicted octanol–water partition coefficient (Wildman–Crippen LogP) is 3.35. The number of esters is 1. The Kier molecular flexibility index (Phi) is 6.43. The highest BCUT2D eigenvalue weighted by molar-refractivity contribution is 6.30. The topological polar surface area (TPSA) is 79.2 Å². The summed E-state index contributed by atoms with van der Waals surface area (Å²) in [6.07, 6.45) is -0.172. The summed E-state index contributed by atoms with van der Waals surface area (Å²) in [4.78, 5) is 13.0. The molecule has 0 radical (unpaired) electrons. The molecule has 0 aromatic heterocycles. The Balaban J connectivity index is 1.79. The van der Waals surface area contributed by atoms with E-state index >= 15 is 0 Å². The molecule has 0 saturated carbocycles. The first-order valence-electron chi connectivity index (χ1n) is 8.91. The number of piperidine rings is 1. The van der Waals surface area contributed by atoms with Crippen molar-refractivity contribution < 1.29 is 33.3 Å². The molecule has 6 nitrogen and oxygen atoms in total. The van der Waals surface area contributed by atoms with Crippen molar-refractivity contribution in [1.29, 1.82) is 0 Å². The van der Waals surface area contributed by atoms with Crippen LogP contribution in [0.25, 0.3) is 0 Å². The molecular weight excluding hydrogens is 443 g/mol. The molecule has 1 saturated heterocycles. The van der Waals surface area contributed by atoms with Crippen LogP contribution in [0.2, 0.25) is 5.02 Å². The van der Waals surface area contributed by atoms with E-state index in [9.17, 15) is 23.8 Å². The van der Waals surface area contributed by atoms with Gasteiger partial charge in [-0.05, 0) is 24.3 Å². The van der Waals surface area contributed by atoms with Crippen molar-refractivity contribution in [2.75, 3.05) is 31.7 Å². The van der Waals surface area contributed by atoms with E-state index in [-0.39, 0.29) is 29.3 Å². The second-order valence-corrected chi connectivity index (χ2v) is 8.02. The highest BCUT2D eigenvalue weighted by Crippen LogP contribution is 2.39. The second-order valence-electron chi connectivity index (χ2n) is 6.96. The number of ether oxygens (including phenoxy) is 2. The summed E-state index contributed by atoms with van der Waals surface area (Å²) in [6.45, 7) is -0.980. The van der Waals surface area contributed by atoms with Crippen LogP contribution in [-0.2, 0) is 4.74 Å². The number of β-amino-alcohol motifs (C(OH)–C–C–N with tert-alkyl or cyclic N) is 1. The van der Waals surface area contributed by atoms with Crippen LogP contribution in [0.4, 0.5) is 14.5 Å². The third-order valence-corrected chi connectivity index (χ3v) is 5.65. The maximum absolute atomic E-state index is 14.2. The number of aliphatic hydroxyl groups is 2. The quantitative estimate of drug-likeness (QED) is 0.524. The SMILES string of the molecule is COC(=O)c1ccccc1OC[C@]1(O)CCN(c2c(F)cc(Cl)cc2F)C[C@@]1(O)Cl. The number of carbonyl (C=O) groups is 1. The van der Waals surface area contributed by atoms with E-state index in [0.717, 1.165) is 12.1 Å². The Labute approximate surface area is 181 Å². The number of carbonyl (C=O) groups excluding carboxylic acids is 1.